The van der Waals surface area contributed by atoms with E-state index in [0.29, 0.717) is 35.5 Å². The number of esters is 1. The van der Waals surface area contributed by atoms with Gasteiger partial charge in [-0.15, -0.1) is 0 Å². The van der Waals surface area contributed by atoms with Crippen molar-refractivity contribution in [2.24, 2.45) is 0 Å². The van der Waals surface area contributed by atoms with Crippen molar-refractivity contribution in [2.75, 3.05) is 13.2 Å². The molecule has 0 aromatic heterocycles. The molecule has 2 N–H and O–H groups in total. The summed E-state index contributed by atoms with van der Waals surface area (Å²) in [5.74, 6) is -1.02. The molecule has 28 heavy (non-hydrogen) atoms. The van der Waals surface area contributed by atoms with E-state index in [4.69, 9.17) is 16.3 Å². The van der Waals surface area contributed by atoms with E-state index >= 15 is 0 Å². The molecule has 0 fully saturated rings. The Morgan fingerprint density at radius 1 is 1.18 bits per heavy atom. The van der Waals surface area contributed by atoms with E-state index in [1.165, 1.54) is 6.92 Å². The van der Waals surface area contributed by atoms with Gasteiger partial charge in [-0.05, 0) is 50.5 Å². The maximum atomic E-state index is 12.5. The molecule has 2 amide bonds. The maximum Gasteiger partial charge on any atom is 0.328 e. The molecule has 0 aliphatic rings. The van der Waals surface area contributed by atoms with E-state index in [9.17, 15) is 19.2 Å². The van der Waals surface area contributed by atoms with E-state index < -0.39 is 12.0 Å². The van der Waals surface area contributed by atoms with Crippen LogP contribution in [0.4, 0.5) is 0 Å². The van der Waals surface area contributed by atoms with Gasteiger partial charge in [0, 0.05) is 36.9 Å². The lowest BCUT2D eigenvalue weighted by Crippen LogP contribution is -2.39. The number of carbonyl (C=O) groups excluding carboxylic acids is 4. The van der Waals surface area contributed by atoms with Crippen LogP contribution in [-0.4, -0.2) is 42.8 Å². The quantitative estimate of drug-likeness (QED) is 0.331. The molecular weight excluding hydrogens is 384 g/mol. The van der Waals surface area contributed by atoms with Gasteiger partial charge in [-0.1, -0.05) is 11.6 Å². The van der Waals surface area contributed by atoms with Crippen LogP contribution in [0.5, 0.6) is 0 Å². The summed E-state index contributed by atoms with van der Waals surface area (Å²) in [6.07, 6.45) is 1.23. The zero-order valence-electron chi connectivity index (χ0n) is 16.5. The molecule has 1 atom stereocenters. The summed E-state index contributed by atoms with van der Waals surface area (Å²) < 4.78 is 4.85. The molecule has 0 spiro atoms. The lowest BCUT2D eigenvalue weighted by molar-refractivity contribution is -0.146. The molecule has 1 rings (SSSR count). The number of amides is 2. The van der Waals surface area contributed by atoms with Crippen molar-refractivity contribution >= 4 is 35.2 Å². The van der Waals surface area contributed by atoms with Gasteiger partial charge in [0.05, 0.1) is 6.61 Å². The minimum atomic E-state index is -0.735. The highest BCUT2D eigenvalue weighted by molar-refractivity contribution is 6.30. The minimum Gasteiger partial charge on any atom is -0.464 e. The molecule has 0 aliphatic heterocycles. The highest BCUT2D eigenvalue weighted by Crippen LogP contribution is 2.20. The van der Waals surface area contributed by atoms with Crippen molar-refractivity contribution < 1.29 is 23.9 Å². The average molecular weight is 411 g/mol. The number of nitrogens with one attached hydrogen (secondary N) is 2. The van der Waals surface area contributed by atoms with Crippen molar-refractivity contribution in [1.29, 1.82) is 0 Å². The van der Waals surface area contributed by atoms with Crippen LogP contribution in [0.25, 0.3) is 0 Å². The summed E-state index contributed by atoms with van der Waals surface area (Å²) >= 11 is 6.04. The molecule has 8 heteroatoms. The van der Waals surface area contributed by atoms with E-state index in [0.717, 1.165) is 0 Å². The number of aryl methyl sites for hydroxylation is 1. The molecule has 1 aromatic rings. The summed E-state index contributed by atoms with van der Waals surface area (Å²) in [6.45, 7) is 5.35. The van der Waals surface area contributed by atoms with Crippen LogP contribution < -0.4 is 10.6 Å². The monoisotopic (exact) mass is 410 g/mol. The summed E-state index contributed by atoms with van der Waals surface area (Å²) in [5.41, 5.74) is 1.19. The second-order valence-corrected chi connectivity index (χ2v) is 6.79. The van der Waals surface area contributed by atoms with Crippen molar-refractivity contribution in [3.05, 3.63) is 34.3 Å². The van der Waals surface area contributed by atoms with Crippen LogP contribution in [0, 0.1) is 0 Å². The van der Waals surface area contributed by atoms with Crippen molar-refractivity contribution in [2.45, 2.75) is 52.5 Å². The zero-order valence-corrected chi connectivity index (χ0v) is 17.2. The lowest BCUT2D eigenvalue weighted by atomic mass is 9.97. The second-order valence-electron chi connectivity index (χ2n) is 6.35. The van der Waals surface area contributed by atoms with Gasteiger partial charge in [0.1, 0.15) is 6.04 Å². The average Bonchev–Trinajstić information content (AvgIpc) is 2.63. The van der Waals surface area contributed by atoms with Crippen LogP contribution in [-0.2, 0) is 25.5 Å². The number of ether oxygens (including phenoxy) is 1. The van der Waals surface area contributed by atoms with Gasteiger partial charge in [0.2, 0.25) is 11.8 Å². The van der Waals surface area contributed by atoms with Crippen molar-refractivity contribution in [1.82, 2.24) is 10.6 Å². The second kappa shape index (κ2) is 12.1. The van der Waals surface area contributed by atoms with Crippen LogP contribution >= 0.6 is 11.6 Å². The van der Waals surface area contributed by atoms with Gasteiger partial charge in [0.15, 0.2) is 5.78 Å². The highest BCUT2D eigenvalue weighted by Gasteiger charge is 2.18. The van der Waals surface area contributed by atoms with E-state index in [1.807, 2.05) is 0 Å². The van der Waals surface area contributed by atoms with Crippen molar-refractivity contribution in [3.8, 4) is 0 Å². The molecule has 1 aromatic carbocycles. The Hall–Kier alpha value is -2.41. The summed E-state index contributed by atoms with van der Waals surface area (Å²) in [5, 5.41) is 5.71. The molecule has 0 saturated heterocycles. The van der Waals surface area contributed by atoms with Gasteiger partial charge >= 0.3 is 5.97 Å². The predicted octanol–water partition coefficient (Wildman–Crippen LogP) is 2.44. The van der Waals surface area contributed by atoms with E-state index in [2.05, 4.69) is 10.6 Å². The normalized spacial score (nSPS) is 11.4. The Labute approximate surface area is 170 Å². The Kier molecular flexibility index (Phi) is 10.2. The fourth-order valence-corrected chi connectivity index (χ4v) is 2.77. The number of Topliss-reactive ketones (excluding diaryl/α,β-unsaturated/α-hetero) is 1. The first-order valence-electron chi connectivity index (χ1n) is 9.26. The van der Waals surface area contributed by atoms with Gasteiger partial charge in [-0.2, -0.15) is 0 Å². The lowest BCUT2D eigenvalue weighted by Gasteiger charge is -2.13. The fourth-order valence-electron chi connectivity index (χ4n) is 2.58. The first-order valence-corrected chi connectivity index (χ1v) is 9.64. The van der Waals surface area contributed by atoms with Crippen molar-refractivity contribution in [3.63, 3.8) is 0 Å². The molecular formula is C20H27ClN2O5. The number of hydrogen-bond acceptors (Lipinski definition) is 5. The molecule has 0 unspecified atom stereocenters. The Balaban J connectivity index is 2.66. The smallest absolute Gasteiger partial charge is 0.328 e. The molecule has 7 nitrogen and oxygen atoms in total. The standard InChI is InChI=1S/C20H27ClN2O5/c1-4-28-20(27)13(2)23-19(26)10-7-15-12-16(21)8-9-17(15)18(25)6-5-11-22-14(3)24/h8-9,12-13H,4-7,10-11H2,1-3H3,(H,22,24)(H,23,26)/t13-/m0/s1. The SMILES string of the molecule is CCOC(=O)[C@H](C)NC(=O)CCc1cc(Cl)ccc1C(=O)CCCNC(C)=O. The van der Waals surface area contributed by atoms with E-state index in [-0.39, 0.29) is 37.0 Å². The number of halogens is 1. The van der Waals surface area contributed by atoms with E-state index in [1.54, 1.807) is 32.0 Å². The molecule has 0 bridgehead atoms. The van der Waals surface area contributed by atoms with Crippen LogP contribution in [0.3, 0.4) is 0 Å². The molecule has 154 valence electrons. The predicted molar refractivity (Wildman–Crippen MR) is 106 cm³/mol. The number of benzene rings is 1. The largest absolute Gasteiger partial charge is 0.464 e. The van der Waals surface area contributed by atoms with Crippen LogP contribution in [0.2, 0.25) is 5.02 Å². The van der Waals surface area contributed by atoms with Gasteiger partial charge < -0.3 is 15.4 Å². The molecule has 0 radical (unpaired) electrons. The Bertz CT molecular complexity index is 721. The topological polar surface area (TPSA) is 102 Å². The Morgan fingerprint density at radius 2 is 1.89 bits per heavy atom. The summed E-state index contributed by atoms with van der Waals surface area (Å²) in [6, 6.07) is 4.22. The first kappa shape index (κ1) is 23.6. The molecule has 0 heterocycles. The Morgan fingerprint density at radius 3 is 2.54 bits per heavy atom. The highest BCUT2D eigenvalue weighted by atomic mass is 35.5. The molecule has 0 saturated carbocycles. The third kappa shape index (κ3) is 8.52. The number of ketones is 1. The summed E-state index contributed by atoms with van der Waals surface area (Å²) in [4.78, 5) is 47.0. The molecule has 0 aliphatic carbocycles. The number of carbonyl (C=O) groups is 4. The van der Waals surface area contributed by atoms with Crippen LogP contribution in [0.1, 0.15) is 56.0 Å². The minimum absolute atomic E-state index is 0.0719. The fraction of sp³-hybridized carbons (Fsp3) is 0.500. The van der Waals surface area contributed by atoms with Gasteiger partial charge in [-0.3, -0.25) is 14.4 Å². The summed E-state index contributed by atoms with van der Waals surface area (Å²) in [7, 11) is 0. The number of hydrogen-bond donors (Lipinski definition) is 2. The number of rotatable bonds is 11. The zero-order chi connectivity index (χ0) is 21.1. The van der Waals surface area contributed by atoms with Gasteiger partial charge in [-0.25, -0.2) is 4.79 Å². The maximum absolute atomic E-state index is 12.5. The third-order valence-corrected chi connectivity index (χ3v) is 4.20. The van der Waals surface area contributed by atoms with Gasteiger partial charge in [0.25, 0.3) is 0 Å². The first-order chi connectivity index (χ1) is 13.2. The third-order valence-electron chi connectivity index (χ3n) is 3.96. The van der Waals surface area contributed by atoms with Crippen LogP contribution in [0.15, 0.2) is 18.2 Å².